The van der Waals surface area contributed by atoms with E-state index in [-0.39, 0.29) is 41.2 Å². The van der Waals surface area contributed by atoms with Crippen LogP contribution in [0, 0.1) is 33.8 Å². The minimum absolute atomic E-state index is 0.0193. The Kier molecular flexibility index (Phi) is 3.30. The number of hydrazone groups is 1. The highest BCUT2D eigenvalue weighted by atomic mass is 16.6. The topological polar surface area (TPSA) is 92.9 Å². The molecule has 2 amide bonds. The molecule has 1 heterocycles. The van der Waals surface area contributed by atoms with Gasteiger partial charge in [-0.25, -0.2) is 0 Å². The van der Waals surface area contributed by atoms with Gasteiger partial charge in [-0.2, -0.15) is 10.1 Å². The lowest BCUT2D eigenvalue weighted by molar-refractivity contribution is -0.384. The summed E-state index contributed by atoms with van der Waals surface area (Å²) in [5, 5.41) is 15.7. The Labute approximate surface area is 137 Å². The first-order valence-corrected chi connectivity index (χ1v) is 7.91. The first kappa shape index (κ1) is 14.7. The maximum Gasteiger partial charge on any atom is 0.269 e. The molecule has 1 saturated carbocycles. The normalized spacial score (nSPS) is 31.1. The van der Waals surface area contributed by atoms with E-state index in [0.717, 1.165) is 17.9 Å². The van der Waals surface area contributed by atoms with Crippen LogP contribution in [0.5, 0.6) is 0 Å². The maximum absolute atomic E-state index is 12.6. The third-order valence-corrected chi connectivity index (χ3v) is 5.16. The van der Waals surface area contributed by atoms with Gasteiger partial charge in [-0.05, 0) is 42.4 Å². The Balaban J connectivity index is 1.56. The van der Waals surface area contributed by atoms with Crippen molar-refractivity contribution in [1.29, 1.82) is 0 Å². The van der Waals surface area contributed by atoms with Crippen LogP contribution in [0.4, 0.5) is 5.69 Å². The van der Waals surface area contributed by atoms with E-state index >= 15 is 0 Å². The number of benzene rings is 1. The molecule has 4 aliphatic rings. The van der Waals surface area contributed by atoms with Crippen LogP contribution < -0.4 is 0 Å². The molecule has 0 radical (unpaired) electrons. The Morgan fingerprint density at radius 2 is 1.58 bits per heavy atom. The summed E-state index contributed by atoms with van der Waals surface area (Å²) in [5.74, 6) is -0.762. The summed E-state index contributed by atoms with van der Waals surface area (Å²) in [4.78, 5) is 35.3. The molecule has 2 fully saturated rings. The lowest BCUT2D eigenvalue weighted by atomic mass is 9.63. The van der Waals surface area contributed by atoms with Crippen molar-refractivity contribution in [1.82, 2.24) is 5.01 Å². The summed E-state index contributed by atoms with van der Waals surface area (Å²) in [5.41, 5.74) is 0.575. The maximum atomic E-state index is 12.6. The average Bonchev–Trinajstić information content (AvgIpc) is 2.87. The zero-order valence-electron chi connectivity index (χ0n) is 12.7. The van der Waals surface area contributed by atoms with Crippen LogP contribution in [0.2, 0.25) is 0 Å². The lowest BCUT2D eigenvalue weighted by Crippen LogP contribution is -2.38. The predicted molar refractivity (Wildman–Crippen MR) is 84.9 cm³/mol. The molecule has 1 saturated heterocycles. The van der Waals surface area contributed by atoms with Gasteiger partial charge in [-0.1, -0.05) is 12.2 Å². The van der Waals surface area contributed by atoms with Gasteiger partial charge < -0.3 is 0 Å². The summed E-state index contributed by atoms with van der Waals surface area (Å²) in [6.45, 7) is 0. The van der Waals surface area contributed by atoms with Crippen molar-refractivity contribution in [2.45, 2.75) is 12.8 Å². The number of amides is 2. The van der Waals surface area contributed by atoms with E-state index in [4.69, 9.17) is 0 Å². The molecule has 122 valence electrons. The average molecular weight is 325 g/mol. The summed E-state index contributed by atoms with van der Waals surface area (Å²) in [7, 11) is 0. The number of imide groups is 1. The summed E-state index contributed by atoms with van der Waals surface area (Å²) in [6, 6.07) is 5.79. The van der Waals surface area contributed by atoms with Crippen LogP contribution >= 0.6 is 0 Å². The van der Waals surface area contributed by atoms with E-state index in [2.05, 4.69) is 17.3 Å². The van der Waals surface area contributed by atoms with Gasteiger partial charge in [0.1, 0.15) is 0 Å². The second-order valence-corrected chi connectivity index (χ2v) is 6.42. The quantitative estimate of drug-likeness (QED) is 0.280. The van der Waals surface area contributed by atoms with Gasteiger partial charge in [0, 0.05) is 12.1 Å². The fraction of sp³-hybridized carbons (Fsp3) is 0.353. The number of carbonyl (C=O) groups is 2. The number of nitrogens with zero attached hydrogens (tertiary/aromatic N) is 3. The van der Waals surface area contributed by atoms with Crippen molar-refractivity contribution in [3.8, 4) is 0 Å². The third-order valence-electron chi connectivity index (χ3n) is 5.16. The van der Waals surface area contributed by atoms with Crippen molar-refractivity contribution < 1.29 is 14.5 Å². The molecular formula is C17H15N3O4. The van der Waals surface area contributed by atoms with Gasteiger partial charge in [-0.15, -0.1) is 0 Å². The SMILES string of the molecule is O=C1[C@H]2[C@H](C(=O)N1/N=C\c1ccc([N+](=O)[O-])cc1)[C@H]1C=C[C@H]2CC1. The molecule has 24 heavy (non-hydrogen) atoms. The number of hydrogen-bond acceptors (Lipinski definition) is 5. The highest BCUT2D eigenvalue weighted by Crippen LogP contribution is 2.49. The molecule has 0 unspecified atom stereocenters. The number of allylic oxidation sites excluding steroid dienone is 2. The molecule has 2 bridgehead atoms. The van der Waals surface area contributed by atoms with Crippen molar-refractivity contribution >= 4 is 23.7 Å². The number of hydrogen-bond donors (Lipinski definition) is 0. The van der Waals surface area contributed by atoms with Gasteiger partial charge in [0.05, 0.1) is 23.0 Å². The zero-order valence-corrected chi connectivity index (χ0v) is 12.7. The number of rotatable bonds is 3. The Morgan fingerprint density at radius 1 is 1.04 bits per heavy atom. The van der Waals surface area contributed by atoms with Crippen LogP contribution in [0.3, 0.4) is 0 Å². The molecule has 3 aliphatic carbocycles. The highest BCUT2D eigenvalue weighted by molar-refractivity contribution is 6.06. The van der Waals surface area contributed by atoms with Gasteiger partial charge in [-0.3, -0.25) is 19.7 Å². The van der Waals surface area contributed by atoms with Crippen molar-refractivity contribution in [2.24, 2.45) is 28.8 Å². The molecule has 7 heteroatoms. The minimum Gasteiger partial charge on any atom is -0.272 e. The van der Waals surface area contributed by atoms with Gasteiger partial charge in [0.2, 0.25) is 0 Å². The van der Waals surface area contributed by atoms with E-state index in [9.17, 15) is 19.7 Å². The second kappa shape index (κ2) is 5.36. The minimum atomic E-state index is -0.484. The van der Waals surface area contributed by atoms with Crippen LogP contribution in [-0.2, 0) is 9.59 Å². The smallest absolute Gasteiger partial charge is 0.269 e. The van der Waals surface area contributed by atoms with E-state index in [1.54, 1.807) is 0 Å². The summed E-state index contributed by atoms with van der Waals surface area (Å²) >= 11 is 0. The number of carbonyl (C=O) groups excluding carboxylic acids is 2. The van der Waals surface area contributed by atoms with E-state index < -0.39 is 4.92 Å². The Hall–Kier alpha value is -2.83. The molecule has 4 atom stereocenters. The summed E-state index contributed by atoms with van der Waals surface area (Å²) in [6.07, 6.45) is 7.41. The molecule has 1 aromatic rings. The number of non-ortho nitro benzene ring substituents is 1. The number of nitro groups is 1. The second-order valence-electron chi connectivity index (χ2n) is 6.42. The van der Waals surface area contributed by atoms with Gasteiger partial charge in [0.15, 0.2) is 0 Å². The third kappa shape index (κ3) is 2.16. The van der Waals surface area contributed by atoms with Crippen molar-refractivity contribution in [3.05, 3.63) is 52.1 Å². The van der Waals surface area contributed by atoms with E-state index in [1.165, 1.54) is 30.5 Å². The molecule has 0 N–H and O–H groups in total. The number of fused-ring (bicyclic) bond motifs is 1. The lowest BCUT2D eigenvalue weighted by Gasteiger charge is -2.37. The van der Waals surface area contributed by atoms with Crippen molar-refractivity contribution in [2.75, 3.05) is 0 Å². The monoisotopic (exact) mass is 325 g/mol. The molecule has 5 rings (SSSR count). The van der Waals surface area contributed by atoms with Crippen molar-refractivity contribution in [3.63, 3.8) is 0 Å². The molecule has 0 aromatic heterocycles. The summed E-state index contributed by atoms with van der Waals surface area (Å²) < 4.78 is 0. The predicted octanol–water partition coefficient (Wildman–Crippen LogP) is 2.13. The van der Waals surface area contributed by atoms with Crippen LogP contribution in [0.25, 0.3) is 0 Å². The fourth-order valence-corrected chi connectivity index (χ4v) is 3.98. The van der Waals surface area contributed by atoms with Crippen LogP contribution in [-0.4, -0.2) is 28.0 Å². The molecule has 7 nitrogen and oxygen atoms in total. The highest BCUT2D eigenvalue weighted by Gasteiger charge is 2.56. The molecule has 1 aromatic carbocycles. The van der Waals surface area contributed by atoms with Gasteiger partial charge >= 0.3 is 0 Å². The fourth-order valence-electron chi connectivity index (χ4n) is 3.98. The van der Waals surface area contributed by atoms with E-state index in [0.29, 0.717) is 5.56 Å². The standard InChI is InChI=1S/C17H15N3O4/c21-16-14-11-3-4-12(6-5-11)15(14)17(22)19(16)18-9-10-1-7-13(8-2-10)20(23)24/h1-4,7-9,11-12,14-15H,5-6H2/b18-9-/t11-,12-,14+,15+/m0/s1. The zero-order chi connectivity index (χ0) is 16.8. The molecule has 0 spiro atoms. The largest absolute Gasteiger partial charge is 0.272 e. The van der Waals surface area contributed by atoms with E-state index in [1.807, 2.05) is 0 Å². The Bertz CT molecular complexity index is 752. The molecular weight excluding hydrogens is 310 g/mol. The van der Waals surface area contributed by atoms with Crippen LogP contribution in [0.15, 0.2) is 41.5 Å². The van der Waals surface area contributed by atoms with Gasteiger partial charge in [0.25, 0.3) is 17.5 Å². The first-order chi connectivity index (χ1) is 11.6. The molecule has 1 aliphatic heterocycles. The van der Waals surface area contributed by atoms with Crippen LogP contribution in [0.1, 0.15) is 18.4 Å². The first-order valence-electron chi connectivity index (χ1n) is 7.91. The number of nitro benzene ring substituents is 1. The Morgan fingerprint density at radius 3 is 2.04 bits per heavy atom.